The van der Waals surface area contributed by atoms with E-state index in [1.54, 1.807) is 28.9 Å². The Hall–Kier alpha value is -1.79. The Morgan fingerprint density at radius 2 is 2.16 bits per heavy atom. The number of aromatic nitrogens is 3. The third-order valence-electron chi connectivity index (χ3n) is 2.66. The van der Waals surface area contributed by atoms with Crippen LogP contribution in [0.3, 0.4) is 0 Å². The SMILES string of the molecule is CNc1nc(-c2sc(-c3cccnc3)nc2C)cs1. The topological polar surface area (TPSA) is 50.7 Å². The molecule has 3 aromatic rings. The van der Waals surface area contributed by atoms with Gasteiger partial charge >= 0.3 is 0 Å². The second-order valence-electron chi connectivity index (χ2n) is 3.96. The number of hydrogen-bond acceptors (Lipinski definition) is 6. The number of hydrogen-bond donors (Lipinski definition) is 1. The van der Waals surface area contributed by atoms with E-state index >= 15 is 0 Å². The van der Waals surface area contributed by atoms with Gasteiger partial charge in [-0.05, 0) is 19.1 Å². The molecule has 0 saturated carbocycles. The van der Waals surface area contributed by atoms with Crippen molar-refractivity contribution < 1.29 is 0 Å². The maximum atomic E-state index is 4.62. The first-order chi connectivity index (χ1) is 9.28. The zero-order chi connectivity index (χ0) is 13.2. The summed E-state index contributed by atoms with van der Waals surface area (Å²) in [5.41, 5.74) is 3.04. The number of thiazole rings is 2. The highest BCUT2D eigenvalue weighted by Gasteiger charge is 2.13. The molecule has 0 aliphatic heterocycles. The summed E-state index contributed by atoms with van der Waals surface area (Å²) < 4.78 is 0. The molecule has 6 heteroatoms. The molecule has 3 aromatic heterocycles. The van der Waals surface area contributed by atoms with Crippen molar-refractivity contribution >= 4 is 27.8 Å². The van der Waals surface area contributed by atoms with Crippen LogP contribution in [0.4, 0.5) is 5.13 Å². The lowest BCUT2D eigenvalue weighted by atomic mass is 10.3. The molecule has 0 aliphatic rings. The third kappa shape index (κ3) is 2.36. The van der Waals surface area contributed by atoms with Crippen LogP contribution < -0.4 is 5.32 Å². The summed E-state index contributed by atoms with van der Waals surface area (Å²) in [5, 5.41) is 7.02. The molecule has 0 aliphatic carbocycles. The largest absolute Gasteiger partial charge is 0.365 e. The smallest absolute Gasteiger partial charge is 0.182 e. The van der Waals surface area contributed by atoms with Crippen molar-refractivity contribution in [2.75, 3.05) is 12.4 Å². The zero-order valence-corrected chi connectivity index (χ0v) is 12.2. The highest BCUT2D eigenvalue weighted by Crippen LogP contribution is 2.35. The summed E-state index contributed by atoms with van der Waals surface area (Å²) in [6, 6.07) is 3.95. The maximum Gasteiger partial charge on any atom is 0.182 e. The van der Waals surface area contributed by atoms with E-state index in [4.69, 9.17) is 0 Å². The quantitative estimate of drug-likeness (QED) is 0.798. The average Bonchev–Trinajstić information content (AvgIpc) is 3.06. The van der Waals surface area contributed by atoms with Crippen molar-refractivity contribution in [1.82, 2.24) is 15.0 Å². The molecule has 1 N–H and O–H groups in total. The van der Waals surface area contributed by atoms with E-state index < -0.39 is 0 Å². The van der Waals surface area contributed by atoms with Gasteiger partial charge in [-0.25, -0.2) is 9.97 Å². The molecule has 0 saturated heterocycles. The zero-order valence-electron chi connectivity index (χ0n) is 10.5. The fraction of sp³-hybridized carbons (Fsp3) is 0.154. The van der Waals surface area contributed by atoms with Gasteiger partial charge in [0.1, 0.15) is 5.01 Å². The van der Waals surface area contributed by atoms with Gasteiger partial charge in [0.25, 0.3) is 0 Å². The molecular formula is C13H12N4S2. The van der Waals surface area contributed by atoms with Crippen molar-refractivity contribution in [2.24, 2.45) is 0 Å². The first-order valence-electron chi connectivity index (χ1n) is 5.79. The Kier molecular flexibility index (Phi) is 3.27. The molecule has 0 radical (unpaired) electrons. The van der Waals surface area contributed by atoms with Gasteiger partial charge in [0.2, 0.25) is 0 Å². The van der Waals surface area contributed by atoms with Crippen molar-refractivity contribution in [2.45, 2.75) is 6.92 Å². The van der Waals surface area contributed by atoms with Crippen LogP contribution in [0.25, 0.3) is 21.1 Å². The molecule has 19 heavy (non-hydrogen) atoms. The van der Waals surface area contributed by atoms with E-state index in [0.29, 0.717) is 0 Å². The Bertz CT molecular complexity index is 688. The van der Waals surface area contributed by atoms with Crippen LogP contribution in [0.2, 0.25) is 0 Å². The van der Waals surface area contributed by atoms with Gasteiger partial charge in [-0.2, -0.15) is 0 Å². The first-order valence-corrected chi connectivity index (χ1v) is 7.49. The van der Waals surface area contributed by atoms with Crippen molar-refractivity contribution in [1.29, 1.82) is 0 Å². The molecule has 0 aromatic carbocycles. The predicted octanol–water partition coefficient (Wildman–Crippen LogP) is 3.68. The molecule has 0 atom stereocenters. The predicted molar refractivity (Wildman–Crippen MR) is 80.7 cm³/mol. The Morgan fingerprint density at radius 3 is 2.84 bits per heavy atom. The maximum absolute atomic E-state index is 4.62. The molecule has 96 valence electrons. The molecular weight excluding hydrogens is 276 g/mol. The van der Waals surface area contributed by atoms with E-state index in [-0.39, 0.29) is 0 Å². The Labute approximate surface area is 119 Å². The van der Waals surface area contributed by atoms with Gasteiger partial charge in [-0.3, -0.25) is 4.98 Å². The van der Waals surface area contributed by atoms with Crippen LogP contribution >= 0.6 is 22.7 Å². The molecule has 3 rings (SSSR count). The van der Waals surface area contributed by atoms with E-state index in [1.807, 2.05) is 32.3 Å². The van der Waals surface area contributed by atoms with E-state index in [0.717, 1.165) is 32.0 Å². The summed E-state index contributed by atoms with van der Waals surface area (Å²) in [4.78, 5) is 14.4. The molecule has 0 spiro atoms. The minimum atomic E-state index is 0.922. The second-order valence-corrected chi connectivity index (χ2v) is 5.82. The summed E-state index contributed by atoms with van der Waals surface area (Å²) in [5.74, 6) is 0. The van der Waals surface area contributed by atoms with Gasteiger partial charge in [-0.1, -0.05) is 0 Å². The molecule has 3 heterocycles. The van der Waals surface area contributed by atoms with E-state index in [1.165, 1.54) is 0 Å². The fourth-order valence-electron chi connectivity index (χ4n) is 1.74. The summed E-state index contributed by atoms with van der Waals surface area (Å²) in [6.45, 7) is 2.02. The monoisotopic (exact) mass is 288 g/mol. The van der Waals surface area contributed by atoms with Crippen LogP contribution in [0, 0.1) is 6.92 Å². The molecule has 4 nitrogen and oxygen atoms in total. The number of aryl methyl sites for hydroxylation is 1. The van der Waals surface area contributed by atoms with E-state index in [2.05, 4.69) is 25.6 Å². The fourth-order valence-corrected chi connectivity index (χ4v) is 3.49. The summed E-state index contributed by atoms with van der Waals surface area (Å²) in [7, 11) is 1.88. The number of anilines is 1. The van der Waals surface area contributed by atoms with Crippen molar-refractivity contribution in [3.8, 4) is 21.1 Å². The molecule has 0 amide bonds. The minimum Gasteiger partial charge on any atom is -0.365 e. The second kappa shape index (κ2) is 5.07. The number of rotatable bonds is 3. The van der Waals surface area contributed by atoms with Crippen LogP contribution in [0.15, 0.2) is 29.9 Å². The minimum absolute atomic E-state index is 0.922. The molecule has 0 bridgehead atoms. The lowest BCUT2D eigenvalue weighted by Crippen LogP contribution is -1.85. The van der Waals surface area contributed by atoms with Gasteiger partial charge in [-0.15, -0.1) is 22.7 Å². The molecule has 0 fully saturated rings. The van der Waals surface area contributed by atoms with E-state index in [9.17, 15) is 0 Å². The highest BCUT2D eigenvalue weighted by atomic mass is 32.1. The van der Waals surface area contributed by atoms with Gasteiger partial charge in [0.05, 0.1) is 16.3 Å². The lowest BCUT2D eigenvalue weighted by Gasteiger charge is -1.92. The van der Waals surface area contributed by atoms with Crippen LogP contribution in [-0.4, -0.2) is 22.0 Å². The Morgan fingerprint density at radius 1 is 1.26 bits per heavy atom. The number of pyridine rings is 1. The average molecular weight is 288 g/mol. The number of nitrogens with one attached hydrogen (secondary N) is 1. The number of nitrogens with zero attached hydrogens (tertiary/aromatic N) is 3. The first kappa shape index (κ1) is 12.3. The van der Waals surface area contributed by atoms with Crippen LogP contribution in [0.5, 0.6) is 0 Å². The van der Waals surface area contributed by atoms with Gasteiger partial charge in [0, 0.05) is 30.4 Å². The van der Waals surface area contributed by atoms with Gasteiger partial charge < -0.3 is 5.32 Å². The van der Waals surface area contributed by atoms with Crippen LogP contribution in [-0.2, 0) is 0 Å². The van der Waals surface area contributed by atoms with Crippen molar-refractivity contribution in [3.05, 3.63) is 35.6 Å². The third-order valence-corrected chi connectivity index (χ3v) is 4.74. The van der Waals surface area contributed by atoms with Crippen LogP contribution in [0.1, 0.15) is 5.69 Å². The normalized spacial score (nSPS) is 10.6. The van der Waals surface area contributed by atoms with Gasteiger partial charge in [0.15, 0.2) is 5.13 Å². The highest BCUT2D eigenvalue weighted by molar-refractivity contribution is 7.19. The lowest BCUT2D eigenvalue weighted by molar-refractivity contribution is 1.24. The summed E-state index contributed by atoms with van der Waals surface area (Å²) in [6.07, 6.45) is 3.60. The summed E-state index contributed by atoms with van der Waals surface area (Å²) >= 11 is 3.26. The Balaban J connectivity index is 2.02. The molecule has 0 unspecified atom stereocenters. The standard InChI is InChI=1S/C13H12N4S2/c1-8-11(10-7-18-13(14-2)17-10)19-12(16-8)9-4-3-5-15-6-9/h3-7H,1-2H3,(H,14,17). The van der Waals surface area contributed by atoms with Crippen molar-refractivity contribution in [3.63, 3.8) is 0 Å².